The zero-order valence-electron chi connectivity index (χ0n) is 24.3. The molecule has 5 N–H and O–H groups in total. The predicted octanol–water partition coefficient (Wildman–Crippen LogP) is 1.27. The minimum absolute atomic E-state index is 0.0237. The molecule has 4 heterocycles. The number of aromatic nitrogens is 2. The van der Waals surface area contributed by atoms with Gasteiger partial charge < -0.3 is 30.6 Å². The zero-order chi connectivity index (χ0) is 30.6. The lowest BCUT2D eigenvalue weighted by molar-refractivity contribution is -0.172. The van der Waals surface area contributed by atoms with Crippen molar-refractivity contribution in [2.24, 2.45) is 5.73 Å². The van der Waals surface area contributed by atoms with Gasteiger partial charge in [-0.25, -0.2) is 14.2 Å². The van der Waals surface area contributed by atoms with Crippen molar-refractivity contribution in [2.75, 3.05) is 32.8 Å². The molecule has 0 unspecified atom stereocenters. The Bertz CT molecular complexity index is 1720. The molecule has 12 heteroatoms. The monoisotopic (exact) mass is 593 g/mol. The average molecular weight is 594 g/mol. The number of esters is 1. The minimum atomic E-state index is -1.96. The molecule has 1 aromatic carbocycles. The van der Waals surface area contributed by atoms with Crippen LogP contribution in [0.4, 0.5) is 4.39 Å². The van der Waals surface area contributed by atoms with Crippen molar-refractivity contribution in [3.63, 3.8) is 0 Å². The van der Waals surface area contributed by atoms with Crippen LogP contribution in [0.1, 0.15) is 65.6 Å². The second-order valence-corrected chi connectivity index (χ2v) is 11.5. The molecule has 2 aromatic heterocycles. The first-order chi connectivity index (χ1) is 20.6. The molecular formula is C31H36FN5O6. The summed E-state index contributed by atoms with van der Waals surface area (Å²) >= 11 is 0. The van der Waals surface area contributed by atoms with Crippen LogP contribution >= 0.6 is 0 Å². The molecule has 0 spiro atoms. The van der Waals surface area contributed by atoms with Gasteiger partial charge in [-0.05, 0) is 48.9 Å². The third-order valence-corrected chi connectivity index (χ3v) is 9.27. The van der Waals surface area contributed by atoms with E-state index in [1.165, 1.54) is 6.07 Å². The molecule has 3 aliphatic rings. The van der Waals surface area contributed by atoms with Gasteiger partial charge in [0, 0.05) is 61.2 Å². The second-order valence-electron chi connectivity index (χ2n) is 11.5. The molecule has 43 heavy (non-hydrogen) atoms. The Balaban J connectivity index is 1.54. The maximum Gasteiger partial charge on any atom is 0.343 e. The van der Waals surface area contributed by atoms with Crippen molar-refractivity contribution >= 4 is 22.8 Å². The number of aliphatic hydroxyl groups is 2. The molecule has 0 bridgehead atoms. The summed E-state index contributed by atoms with van der Waals surface area (Å²) in [5.41, 5.74) is 8.13. The molecule has 11 nitrogen and oxygen atoms in total. The molecule has 0 saturated carbocycles. The summed E-state index contributed by atoms with van der Waals surface area (Å²) in [6.45, 7) is 4.64. The van der Waals surface area contributed by atoms with Gasteiger partial charge in [0.25, 0.3) is 5.56 Å². The zero-order valence-corrected chi connectivity index (χ0v) is 24.3. The van der Waals surface area contributed by atoms with Gasteiger partial charge in [0.2, 0.25) is 5.91 Å². The fourth-order valence-corrected chi connectivity index (χ4v) is 6.99. The Morgan fingerprint density at radius 3 is 2.79 bits per heavy atom. The van der Waals surface area contributed by atoms with Crippen LogP contribution < -0.4 is 16.6 Å². The summed E-state index contributed by atoms with van der Waals surface area (Å²) in [6.07, 6.45) is 1.44. The van der Waals surface area contributed by atoms with E-state index in [1.807, 2.05) is 0 Å². The average Bonchev–Trinajstić information content (AvgIpc) is 3.37. The number of nitrogens with two attached hydrogens (primary N) is 1. The highest BCUT2D eigenvalue weighted by molar-refractivity contribution is 5.93. The molecule has 2 aliphatic heterocycles. The van der Waals surface area contributed by atoms with E-state index < -0.39 is 11.6 Å². The maximum atomic E-state index is 15.2. The topological polar surface area (TPSA) is 160 Å². The first kappa shape index (κ1) is 29.4. The first-order valence-corrected chi connectivity index (χ1v) is 14.8. The van der Waals surface area contributed by atoms with Crippen molar-refractivity contribution < 1.29 is 28.9 Å². The highest BCUT2D eigenvalue weighted by Gasteiger charge is 2.46. The highest BCUT2D eigenvalue weighted by Crippen LogP contribution is 2.47. The number of aliphatic hydroxyl groups excluding tert-OH is 1. The molecule has 3 aromatic rings. The quantitative estimate of drug-likeness (QED) is 0.210. The summed E-state index contributed by atoms with van der Waals surface area (Å²) in [7, 11) is 0. The molecule has 0 fully saturated rings. The van der Waals surface area contributed by atoms with Crippen LogP contribution in [0.15, 0.2) is 16.9 Å². The number of carbonyl (C=O) groups is 2. The Morgan fingerprint density at radius 2 is 2.07 bits per heavy atom. The SMILES string of the molecule is CC[C@@]1(O)C(=O)OCc2c1cc1n(c2=O)Cc2c-1nc1cc(F)c(C)c3c1c2[C@@H](N(CCO)CCC(=O)NCCN)CC3. The molecule has 2 atom stereocenters. The maximum absolute atomic E-state index is 15.2. The Kier molecular flexibility index (Phi) is 7.57. The number of aryl methyl sites for hydroxylation is 1. The van der Waals surface area contributed by atoms with E-state index >= 15 is 4.39 Å². The normalized spacial score (nSPS) is 20.2. The third-order valence-electron chi connectivity index (χ3n) is 9.27. The van der Waals surface area contributed by atoms with Crippen molar-refractivity contribution in [3.05, 3.63) is 61.7 Å². The van der Waals surface area contributed by atoms with Gasteiger partial charge in [-0.15, -0.1) is 0 Å². The van der Waals surface area contributed by atoms with E-state index in [0.717, 1.165) is 22.1 Å². The highest BCUT2D eigenvalue weighted by atomic mass is 19.1. The largest absolute Gasteiger partial charge is 0.458 e. The number of nitrogens with zero attached hydrogens (tertiary/aromatic N) is 3. The van der Waals surface area contributed by atoms with Gasteiger partial charge in [-0.2, -0.15) is 0 Å². The van der Waals surface area contributed by atoms with E-state index in [4.69, 9.17) is 15.5 Å². The molecule has 6 rings (SSSR count). The van der Waals surface area contributed by atoms with Crippen LogP contribution in [0.2, 0.25) is 0 Å². The smallest absolute Gasteiger partial charge is 0.343 e. The van der Waals surface area contributed by atoms with Crippen molar-refractivity contribution in [2.45, 2.75) is 64.3 Å². The lowest BCUT2D eigenvalue weighted by Crippen LogP contribution is -2.44. The summed E-state index contributed by atoms with van der Waals surface area (Å²) in [5, 5.41) is 24.9. The van der Waals surface area contributed by atoms with Crippen LogP contribution in [0, 0.1) is 12.7 Å². The van der Waals surface area contributed by atoms with Gasteiger partial charge >= 0.3 is 5.97 Å². The second kappa shape index (κ2) is 11.1. The number of pyridine rings is 2. The molecule has 1 aliphatic carbocycles. The van der Waals surface area contributed by atoms with Crippen molar-refractivity contribution in [3.8, 4) is 11.4 Å². The van der Waals surface area contributed by atoms with E-state index in [-0.39, 0.29) is 67.1 Å². The van der Waals surface area contributed by atoms with Crippen LogP contribution in [-0.2, 0) is 39.5 Å². The number of ether oxygens (including phenoxy) is 1. The molecule has 0 saturated heterocycles. The van der Waals surface area contributed by atoms with E-state index in [0.29, 0.717) is 61.5 Å². The van der Waals surface area contributed by atoms with E-state index in [9.17, 15) is 24.6 Å². The van der Waals surface area contributed by atoms with E-state index in [1.54, 1.807) is 24.5 Å². The number of cyclic esters (lactones) is 1. The molecule has 228 valence electrons. The van der Waals surface area contributed by atoms with Gasteiger partial charge in [0.05, 0.1) is 35.6 Å². The Hall–Kier alpha value is -3.71. The van der Waals surface area contributed by atoms with E-state index in [2.05, 4.69) is 10.2 Å². The standard InChI is InChI=1S/C31H36FN5O6/c1-3-31(42)20-12-24-28-18(14-37(24)29(40)19(20)15-43-30(31)41)27-23(36(10-11-38)9-6-25(39)34-8-7-33)5-4-17-16(2)21(32)13-22(35-28)26(17)27/h12-13,23,38,42H,3-11,14-15,33H2,1-2H3,(H,34,39)/t23-,31-/m0/s1. The lowest BCUT2D eigenvalue weighted by atomic mass is 9.81. The number of amides is 1. The number of benzene rings is 1. The lowest BCUT2D eigenvalue weighted by Gasteiger charge is -2.37. The number of halogens is 1. The molecule has 1 amide bonds. The summed E-state index contributed by atoms with van der Waals surface area (Å²) in [5.74, 6) is -1.31. The number of nitrogens with one attached hydrogen (secondary N) is 1. The number of hydrogen-bond donors (Lipinski definition) is 4. The fraction of sp³-hybridized carbons (Fsp3) is 0.484. The van der Waals surface area contributed by atoms with Crippen LogP contribution in [0.5, 0.6) is 0 Å². The predicted molar refractivity (Wildman–Crippen MR) is 156 cm³/mol. The van der Waals surface area contributed by atoms with Gasteiger partial charge in [0.1, 0.15) is 12.4 Å². The summed E-state index contributed by atoms with van der Waals surface area (Å²) in [6, 6.07) is 2.83. The Morgan fingerprint density at radius 1 is 1.28 bits per heavy atom. The minimum Gasteiger partial charge on any atom is -0.458 e. The fourth-order valence-electron chi connectivity index (χ4n) is 6.99. The van der Waals surface area contributed by atoms with Gasteiger partial charge in [-0.3, -0.25) is 14.5 Å². The molecular weight excluding hydrogens is 557 g/mol. The van der Waals surface area contributed by atoms with Crippen LogP contribution in [0.3, 0.4) is 0 Å². The Labute approximate surface area is 247 Å². The van der Waals surface area contributed by atoms with Gasteiger partial charge in [-0.1, -0.05) is 6.92 Å². The van der Waals surface area contributed by atoms with Crippen LogP contribution in [0.25, 0.3) is 22.3 Å². The number of carbonyl (C=O) groups excluding carboxylic acids is 2. The van der Waals surface area contributed by atoms with Crippen molar-refractivity contribution in [1.29, 1.82) is 0 Å². The summed E-state index contributed by atoms with van der Waals surface area (Å²) < 4.78 is 22.0. The summed E-state index contributed by atoms with van der Waals surface area (Å²) in [4.78, 5) is 45.9. The van der Waals surface area contributed by atoms with Crippen molar-refractivity contribution in [1.82, 2.24) is 19.8 Å². The van der Waals surface area contributed by atoms with Gasteiger partial charge in [0.15, 0.2) is 5.60 Å². The number of rotatable bonds is 9. The third kappa shape index (κ3) is 4.55. The van der Waals surface area contributed by atoms with Crippen LogP contribution in [-0.4, -0.2) is 69.3 Å². The number of fused-ring (bicyclic) bond motifs is 5. The first-order valence-electron chi connectivity index (χ1n) is 14.8. The molecule has 0 radical (unpaired) electrons. The number of hydrogen-bond acceptors (Lipinski definition) is 9.